The molecule has 0 aliphatic carbocycles. The molecule has 2 aromatic heterocycles. The molecule has 40 heavy (non-hydrogen) atoms. The summed E-state index contributed by atoms with van der Waals surface area (Å²) in [7, 11) is 0. The van der Waals surface area contributed by atoms with Crippen molar-refractivity contribution in [3.63, 3.8) is 0 Å². The zero-order valence-corrected chi connectivity index (χ0v) is 24.5. The molecule has 0 atom stereocenters. The third-order valence-electron chi connectivity index (χ3n) is 6.79. The first-order valence-corrected chi connectivity index (χ1v) is 13.9. The summed E-state index contributed by atoms with van der Waals surface area (Å²) in [6.45, 7) is 13.9. The number of pyridine rings is 2. The molecule has 4 rings (SSSR count). The van der Waals surface area contributed by atoms with Gasteiger partial charge in [-0.1, -0.05) is 47.5 Å². The van der Waals surface area contributed by atoms with Gasteiger partial charge in [0.1, 0.15) is 0 Å². The first-order chi connectivity index (χ1) is 19.3. The third-order valence-corrected chi connectivity index (χ3v) is 6.79. The zero-order chi connectivity index (χ0) is 28.5. The molecule has 0 aliphatic heterocycles. The van der Waals surface area contributed by atoms with Crippen LogP contribution in [0.5, 0.6) is 0 Å². The Balaban J connectivity index is 1.73. The predicted molar refractivity (Wildman–Crippen MR) is 169 cm³/mol. The number of nitrogens with zero attached hydrogens (tertiary/aromatic N) is 4. The van der Waals surface area contributed by atoms with Crippen molar-refractivity contribution in [3.8, 4) is 0 Å². The molecule has 0 spiro atoms. The summed E-state index contributed by atoms with van der Waals surface area (Å²) in [6, 6.07) is 20.8. The summed E-state index contributed by atoms with van der Waals surface area (Å²) >= 11 is 0. The van der Waals surface area contributed by atoms with E-state index in [1.54, 1.807) is 0 Å². The lowest BCUT2D eigenvalue weighted by molar-refractivity contribution is 0.918. The molecule has 4 aromatic rings. The van der Waals surface area contributed by atoms with E-state index in [0.717, 1.165) is 35.6 Å². The van der Waals surface area contributed by atoms with Crippen LogP contribution in [0.25, 0.3) is 0 Å². The quantitative estimate of drug-likeness (QED) is 0.187. The van der Waals surface area contributed by atoms with Gasteiger partial charge in [-0.2, -0.15) is 0 Å². The lowest BCUT2D eigenvalue weighted by Gasteiger charge is -2.20. The van der Waals surface area contributed by atoms with E-state index in [0.29, 0.717) is 24.8 Å². The predicted octanol–water partition coefficient (Wildman–Crippen LogP) is 7.13. The number of hydrogen-bond donors (Lipinski definition) is 2. The van der Waals surface area contributed by atoms with Crippen LogP contribution < -0.4 is 10.6 Å². The van der Waals surface area contributed by atoms with Crippen molar-refractivity contribution < 1.29 is 0 Å². The maximum Gasteiger partial charge on any atom is 0.168 e. The number of aromatic nitrogens is 2. The van der Waals surface area contributed by atoms with Gasteiger partial charge in [-0.15, -0.1) is 0 Å². The Morgan fingerprint density at radius 2 is 0.950 bits per heavy atom. The third kappa shape index (κ3) is 7.85. The van der Waals surface area contributed by atoms with Gasteiger partial charge < -0.3 is 10.6 Å². The number of amidine groups is 2. The molecule has 0 unspecified atom stereocenters. The standard InChI is InChI=1S/C34H40N6/c1-23-19-25(3)31(26(4)20-23)39-33(37-17-13-29-11-7-9-15-35-29)34(38-18-14-30-12-8-10-16-36-30)40-32-27(5)21-24(2)22-28(32)6/h7-12,15-16,19-22H,13-14,17-18H2,1-6H3,(H,37,39)(H,38,40). The molecule has 6 heteroatoms. The molecule has 2 heterocycles. The second-order valence-electron chi connectivity index (χ2n) is 10.4. The minimum Gasteiger partial charge on any atom is -0.337 e. The van der Waals surface area contributed by atoms with Crippen LogP contribution in [-0.2, 0) is 12.8 Å². The van der Waals surface area contributed by atoms with Crippen molar-refractivity contribution in [2.45, 2.75) is 54.4 Å². The normalized spacial score (nSPS) is 11.9. The first kappa shape index (κ1) is 28.7. The van der Waals surface area contributed by atoms with Crippen LogP contribution in [0.1, 0.15) is 44.8 Å². The summed E-state index contributed by atoms with van der Waals surface area (Å²) in [5, 5.41) is 7.34. The summed E-state index contributed by atoms with van der Waals surface area (Å²) in [4.78, 5) is 19.1. The Morgan fingerprint density at radius 3 is 1.27 bits per heavy atom. The van der Waals surface area contributed by atoms with E-state index >= 15 is 0 Å². The van der Waals surface area contributed by atoms with Gasteiger partial charge in [-0.25, -0.2) is 0 Å². The minimum absolute atomic E-state index is 0.579. The molecule has 0 radical (unpaired) electrons. The highest BCUT2D eigenvalue weighted by molar-refractivity contribution is 6.48. The van der Waals surface area contributed by atoms with E-state index in [2.05, 4.69) is 86.4 Å². The zero-order valence-electron chi connectivity index (χ0n) is 24.5. The van der Waals surface area contributed by atoms with Crippen LogP contribution >= 0.6 is 0 Å². The topological polar surface area (TPSA) is 74.6 Å². The molecular formula is C34H40N6. The monoisotopic (exact) mass is 532 g/mol. The molecule has 0 fully saturated rings. The largest absolute Gasteiger partial charge is 0.337 e. The van der Waals surface area contributed by atoms with Crippen molar-refractivity contribution in [3.05, 3.63) is 118 Å². The number of anilines is 2. The van der Waals surface area contributed by atoms with E-state index in [9.17, 15) is 0 Å². The fourth-order valence-electron chi connectivity index (χ4n) is 4.99. The van der Waals surface area contributed by atoms with Crippen LogP contribution in [0.2, 0.25) is 0 Å². The second-order valence-corrected chi connectivity index (χ2v) is 10.4. The van der Waals surface area contributed by atoms with Crippen LogP contribution in [0.15, 0.2) is 83.0 Å². The first-order valence-electron chi connectivity index (χ1n) is 13.9. The van der Waals surface area contributed by atoms with Gasteiger partial charge in [-0.05, 0) is 88.1 Å². The SMILES string of the molecule is Cc1cc(C)c(NC(=NCCc2ccccn2)C(=NCCc2ccccn2)Nc2c(C)cc(C)cc2C)c(C)c1. The highest BCUT2D eigenvalue weighted by Gasteiger charge is 2.16. The number of hydrogen-bond acceptors (Lipinski definition) is 4. The molecule has 0 aliphatic rings. The van der Waals surface area contributed by atoms with E-state index in [-0.39, 0.29) is 0 Å². The van der Waals surface area contributed by atoms with Crippen molar-refractivity contribution in [1.82, 2.24) is 9.97 Å². The van der Waals surface area contributed by atoms with Crippen molar-refractivity contribution >= 4 is 23.0 Å². The summed E-state index contributed by atoms with van der Waals surface area (Å²) in [6.07, 6.45) is 5.13. The number of rotatable bonds is 8. The van der Waals surface area contributed by atoms with Crippen LogP contribution in [0.3, 0.4) is 0 Å². The molecule has 2 aromatic carbocycles. The summed E-state index contributed by atoms with van der Waals surface area (Å²) in [5.41, 5.74) is 11.3. The molecule has 6 nitrogen and oxygen atoms in total. The maximum atomic E-state index is 5.07. The Kier molecular flexibility index (Phi) is 9.79. The number of aryl methyl sites for hydroxylation is 6. The Labute approximate surface area is 238 Å². The van der Waals surface area contributed by atoms with E-state index in [1.165, 1.54) is 33.4 Å². The highest BCUT2D eigenvalue weighted by atomic mass is 15.1. The number of nitrogens with one attached hydrogen (secondary N) is 2. The van der Waals surface area contributed by atoms with E-state index < -0.39 is 0 Å². The fourth-order valence-corrected chi connectivity index (χ4v) is 4.99. The molecular weight excluding hydrogens is 492 g/mol. The minimum atomic E-state index is 0.579. The maximum absolute atomic E-state index is 5.07. The Bertz CT molecular complexity index is 1330. The van der Waals surface area contributed by atoms with Gasteiger partial charge in [-0.3, -0.25) is 20.0 Å². The van der Waals surface area contributed by atoms with Gasteiger partial charge in [0.25, 0.3) is 0 Å². The highest BCUT2D eigenvalue weighted by Crippen LogP contribution is 2.24. The number of aliphatic imine (C=N–C) groups is 2. The van der Waals surface area contributed by atoms with Gasteiger partial charge in [0, 0.05) is 61.1 Å². The van der Waals surface area contributed by atoms with E-state index in [1.807, 2.05) is 48.8 Å². The molecule has 2 N–H and O–H groups in total. The summed E-state index contributed by atoms with van der Waals surface area (Å²) < 4.78 is 0. The average molecular weight is 533 g/mol. The van der Waals surface area contributed by atoms with Crippen molar-refractivity contribution in [1.29, 1.82) is 0 Å². The average Bonchev–Trinajstić information content (AvgIpc) is 2.92. The Morgan fingerprint density at radius 1 is 0.575 bits per heavy atom. The lowest BCUT2D eigenvalue weighted by atomic mass is 10.0. The van der Waals surface area contributed by atoms with Crippen LogP contribution in [-0.4, -0.2) is 34.7 Å². The van der Waals surface area contributed by atoms with Crippen molar-refractivity contribution in [2.24, 2.45) is 9.98 Å². The van der Waals surface area contributed by atoms with Gasteiger partial charge in [0.15, 0.2) is 11.7 Å². The van der Waals surface area contributed by atoms with Crippen molar-refractivity contribution in [2.75, 3.05) is 23.7 Å². The van der Waals surface area contributed by atoms with Gasteiger partial charge in [0.2, 0.25) is 0 Å². The number of benzene rings is 2. The molecule has 0 saturated carbocycles. The van der Waals surface area contributed by atoms with Crippen LogP contribution in [0, 0.1) is 41.5 Å². The van der Waals surface area contributed by atoms with Gasteiger partial charge >= 0.3 is 0 Å². The fraction of sp³-hybridized carbons (Fsp3) is 0.294. The molecule has 0 saturated heterocycles. The smallest absolute Gasteiger partial charge is 0.168 e. The second kappa shape index (κ2) is 13.7. The van der Waals surface area contributed by atoms with Crippen LogP contribution in [0.4, 0.5) is 11.4 Å². The summed E-state index contributed by atoms with van der Waals surface area (Å²) in [5.74, 6) is 1.43. The molecule has 0 bridgehead atoms. The lowest BCUT2D eigenvalue weighted by Crippen LogP contribution is -2.32. The van der Waals surface area contributed by atoms with Gasteiger partial charge in [0.05, 0.1) is 0 Å². The molecule has 206 valence electrons. The van der Waals surface area contributed by atoms with E-state index in [4.69, 9.17) is 9.98 Å². The molecule has 0 amide bonds. The Hall–Kier alpha value is -4.32.